The van der Waals surface area contributed by atoms with E-state index in [4.69, 9.17) is 4.74 Å². The van der Waals surface area contributed by atoms with Gasteiger partial charge in [-0.2, -0.15) is 0 Å². The van der Waals surface area contributed by atoms with Crippen molar-refractivity contribution in [3.05, 3.63) is 35.6 Å². The van der Waals surface area contributed by atoms with Gasteiger partial charge in [0.15, 0.2) is 0 Å². The fourth-order valence-electron chi connectivity index (χ4n) is 2.41. The highest BCUT2D eigenvalue weighted by molar-refractivity contribution is 5.21. The Balaban J connectivity index is 2.03. The Morgan fingerprint density at radius 1 is 1.41 bits per heavy atom. The molecular formula is C14H20FNO. The summed E-state index contributed by atoms with van der Waals surface area (Å²) in [6, 6.07) is 7.01. The lowest BCUT2D eigenvalue weighted by atomic mass is 9.96. The van der Waals surface area contributed by atoms with Gasteiger partial charge in [0.1, 0.15) is 5.82 Å². The summed E-state index contributed by atoms with van der Waals surface area (Å²) in [5, 5.41) is 3.19. The lowest BCUT2D eigenvalue weighted by Gasteiger charge is -2.27. The number of hydrogen-bond acceptors (Lipinski definition) is 2. The Bertz CT molecular complexity index is 350. The molecular weight excluding hydrogens is 217 g/mol. The predicted molar refractivity (Wildman–Crippen MR) is 66.4 cm³/mol. The van der Waals surface area contributed by atoms with E-state index >= 15 is 0 Å². The molecule has 1 saturated heterocycles. The summed E-state index contributed by atoms with van der Waals surface area (Å²) in [6.07, 6.45) is 4.57. The van der Waals surface area contributed by atoms with Crippen LogP contribution in [-0.2, 0) is 4.74 Å². The van der Waals surface area contributed by atoms with Gasteiger partial charge in [-0.1, -0.05) is 18.2 Å². The van der Waals surface area contributed by atoms with E-state index in [2.05, 4.69) is 5.32 Å². The molecule has 0 radical (unpaired) electrons. The number of halogens is 1. The van der Waals surface area contributed by atoms with Crippen molar-refractivity contribution in [1.82, 2.24) is 5.32 Å². The highest BCUT2D eigenvalue weighted by Gasteiger charge is 2.21. The van der Waals surface area contributed by atoms with Gasteiger partial charge in [0.05, 0.1) is 6.10 Å². The monoisotopic (exact) mass is 237 g/mol. The molecule has 2 rings (SSSR count). The smallest absolute Gasteiger partial charge is 0.127 e. The SMILES string of the molecule is CNC(CC1CCCCO1)c1ccccc1F. The largest absolute Gasteiger partial charge is 0.378 e. The standard InChI is InChI=1S/C14H20FNO/c1-16-14(10-11-6-4-5-9-17-11)12-7-2-3-8-13(12)15/h2-3,7-8,11,14,16H,4-6,9-10H2,1H3. The van der Waals surface area contributed by atoms with Gasteiger partial charge in [0.25, 0.3) is 0 Å². The Kier molecular flexibility index (Phi) is 4.51. The molecule has 1 heterocycles. The zero-order chi connectivity index (χ0) is 12.1. The Morgan fingerprint density at radius 3 is 2.88 bits per heavy atom. The molecule has 0 saturated carbocycles. The van der Waals surface area contributed by atoms with E-state index in [1.807, 2.05) is 19.2 Å². The van der Waals surface area contributed by atoms with E-state index < -0.39 is 0 Å². The Morgan fingerprint density at radius 2 is 2.24 bits per heavy atom. The summed E-state index contributed by atoms with van der Waals surface area (Å²) in [4.78, 5) is 0. The molecule has 2 atom stereocenters. The molecule has 1 aliphatic heterocycles. The summed E-state index contributed by atoms with van der Waals surface area (Å²) in [5.74, 6) is -0.136. The normalized spacial score (nSPS) is 22.4. The van der Waals surface area contributed by atoms with E-state index in [0.717, 1.165) is 31.4 Å². The fourth-order valence-corrected chi connectivity index (χ4v) is 2.41. The molecule has 3 heteroatoms. The summed E-state index contributed by atoms with van der Waals surface area (Å²) < 4.78 is 19.4. The second-order valence-electron chi connectivity index (χ2n) is 4.59. The minimum absolute atomic E-state index is 0.0410. The topological polar surface area (TPSA) is 21.3 Å². The van der Waals surface area contributed by atoms with Crippen LogP contribution in [0.5, 0.6) is 0 Å². The van der Waals surface area contributed by atoms with E-state index in [9.17, 15) is 4.39 Å². The average Bonchev–Trinajstić information content (AvgIpc) is 2.38. The Hall–Kier alpha value is -0.930. The third kappa shape index (κ3) is 3.27. The van der Waals surface area contributed by atoms with Crippen LogP contribution in [0.3, 0.4) is 0 Å². The van der Waals surface area contributed by atoms with Crippen LogP contribution in [-0.4, -0.2) is 19.8 Å². The van der Waals surface area contributed by atoms with Crippen molar-refractivity contribution in [3.63, 3.8) is 0 Å². The molecule has 2 nitrogen and oxygen atoms in total. The van der Waals surface area contributed by atoms with Crippen molar-refractivity contribution in [1.29, 1.82) is 0 Å². The number of rotatable bonds is 4. The molecule has 0 aliphatic carbocycles. The van der Waals surface area contributed by atoms with E-state index in [1.165, 1.54) is 12.5 Å². The summed E-state index contributed by atoms with van der Waals surface area (Å²) >= 11 is 0. The summed E-state index contributed by atoms with van der Waals surface area (Å²) in [5.41, 5.74) is 0.740. The van der Waals surface area contributed by atoms with Gasteiger partial charge >= 0.3 is 0 Å². The van der Waals surface area contributed by atoms with Crippen LogP contribution in [0.4, 0.5) is 4.39 Å². The van der Waals surface area contributed by atoms with Crippen LogP contribution in [0.25, 0.3) is 0 Å². The van der Waals surface area contributed by atoms with Crippen LogP contribution in [0.1, 0.15) is 37.3 Å². The van der Waals surface area contributed by atoms with Crippen LogP contribution in [0.15, 0.2) is 24.3 Å². The lowest BCUT2D eigenvalue weighted by Crippen LogP contribution is -2.27. The van der Waals surface area contributed by atoms with Crippen LogP contribution >= 0.6 is 0 Å². The van der Waals surface area contributed by atoms with E-state index in [1.54, 1.807) is 6.07 Å². The first-order valence-electron chi connectivity index (χ1n) is 6.34. The van der Waals surface area contributed by atoms with Gasteiger partial charge in [0.2, 0.25) is 0 Å². The minimum Gasteiger partial charge on any atom is -0.378 e. The van der Waals surface area contributed by atoms with Gasteiger partial charge in [-0.05, 0) is 38.8 Å². The van der Waals surface area contributed by atoms with Crippen molar-refractivity contribution in [3.8, 4) is 0 Å². The maximum absolute atomic E-state index is 13.7. The van der Waals surface area contributed by atoms with Crippen molar-refractivity contribution in [2.45, 2.75) is 37.8 Å². The zero-order valence-corrected chi connectivity index (χ0v) is 10.3. The highest BCUT2D eigenvalue weighted by atomic mass is 19.1. The second-order valence-corrected chi connectivity index (χ2v) is 4.59. The van der Waals surface area contributed by atoms with Crippen LogP contribution in [0, 0.1) is 5.82 Å². The maximum atomic E-state index is 13.7. The predicted octanol–water partition coefficient (Wildman–Crippen LogP) is 3.05. The molecule has 0 spiro atoms. The van der Waals surface area contributed by atoms with Crippen molar-refractivity contribution in [2.24, 2.45) is 0 Å². The molecule has 0 aromatic heterocycles. The molecule has 1 N–H and O–H groups in total. The maximum Gasteiger partial charge on any atom is 0.127 e. The van der Waals surface area contributed by atoms with Gasteiger partial charge in [-0.3, -0.25) is 0 Å². The van der Waals surface area contributed by atoms with Crippen molar-refractivity contribution in [2.75, 3.05) is 13.7 Å². The molecule has 1 fully saturated rings. The molecule has 1 aromatic carbocycles. The summed E-state index contributed by atoms with van der Waals surface area (Å²) in [6.45, 7) is 0.846. The minimum atomic E-state index is -0.136. The molecule has 2 unspecified atom stereocenters. The number of ether oxygens (including phenoxy) is 1. The molecule has 0 bridgehead atoms. The first-order valence-corrected chi connectivity index (χ1v) is 6.34. The fraction of sp³-hybridized carbons (Fsp3) is 0.571. The third-order valence-electron chi connectivity index (χ3n) is 3.40. The van der Waals surface area contributed by atoms with Gasteiger partial charge < -0.3 is 10.1 Å². The third-order valence-corrected chi connectivity index (χ3v) is 3.40. The van der Waals surface area contributed by atoms with E-state index in [0.29, 0.717) is 0 Å². The summed E-state index contributed by atoms with van der Waals surface area (Å²) in [7, 11) is 1.87. The number of benzene rings is 1. The number of hydrogen-bond donors (Lipinski definition) is 1. The Labute approximate surface area is 102 Å². The van der Waals surface area contributed by atoms with Crippen LogP contribution < -0.4 is 5.32 Å². The average molecular weight is 237 g/mol. The number of nitrogens with one attached hydrogen (secondary N) is 1. The quantitative estimate of drug-likeness (QED) is 0.869. The molecule has 94 valence electrons. The van der Waals surface area contributed by atoms with Gasteiger partial charge in [0, 0.05) is 18.2 Å². The van der Waals surface area contributed by atoms with Crippen molar-refractivity contribution < 1.29 is 9.13 Å². The van der Waals surface area contributed by atoms with Gasteiger partial charge in [-0.15, -0.1) is 0 Å². The lowest BCUT2D eigenvalue weighted by molar-refractivity contribution is 0.00530. The van der Waals surface area contributed by atoms with Gasteiger partial charge in [-0.25, -0.2) is 4.39 Å². The molecule has 1 aliphatic rings. The first-order chi connectivity index (χ1) is 8.31. The molecule has 17 heavy (non-hydrogen) atoms. The highest BCUT2D eigenvalue weighted by Crippen LogP contribution is 2.26. The second kappa shape index (κ2) is 6.12. The van der Waals surface area contributed by atoms with Crippen LogP contribution in [0.2, 0.25) is 0 Å². The molecule has 1 aromatic rings. The van der Waals surface area contributed by atoms with E-state index in [-0.39, 0.29) is 18.0 Å². The first kappa shape index (κ1) is 12.5. The molecule has 0 amide bonds. The zero-order valence-electron chi connectivity index (χ0n) is 10.3. The van der Waals surface area contributed by atoms with Crippen molar-refractivity contribution >= 4 is 0 Å².